The van der Waals surface area contributed by atoms with Gasteiger partial charge in [-0.25, -0.2) is 4.39 Å². The van der Waals surface area contributed by atoms with Gasteiger partial charge in [-0.3, -0.25) is 9.59 Å². The van der Waals surface area contributed by atoms with Crippen LogP contribution in [0.25, 0.3) is 0 Å². The van der Waals surface area contributed by atoms with E-state index >= 15 is 0 Å². The molecular weight excluding hydrogens is 299 g/mol. The van der Waals surface area contributed by atoms with Gasteiger partial charge in [-0.05, 0) is 29.3 Å². The number of amides is 2. The number of rotatable bonds is 4. The third-order valence-electron chi connectivity index (χ3n) is 3.48. The average molecular weight is 314 g/mol. The summed E-state index contributed by atoms with van der Waals surface area (Å²) in [6, 6.07) is 11.5. The van der Waals surface area contributed by atoms with Crippen LogP contribution in [0.15, 0.2) is 42.5 Å². The minimum atomic E-state index is -0.392. The van der Waals surface area contributed by atoms with Crippen molar-refractivity contribution >= 4 is 17.5 Å². The third kappa shape index (κ3) is 3.66. The van der Waals surface area contributed by atoms with E-state index in [-0.39, 0.29) is 31.4 Å². The monoisotopic (exact) mass is 314 g/mol. The second-order valence-electron chi connectivity index (χ2n) is 5.21. The number of benzene rings is 2. The zero-order chi connectivity index (χ0) is 16.2. The van der Waals surface area contributed by atoms with Gasteiger partial charge in [0.05, 0.1) is 12.1 Å². The molecule has 0 unspecified atom stereocenters. The lowest BCUT2D eigenvalue weighted by Gasteiger charge is -2.18. The Hall–Kier alpha value is -2.89. The van der Waals surface area contributed by atoms with Crippen LogP contribution in [0.1, 0.15) is 11.1 Å². The Bertz CT molecular complexity index is 761. The van der Waals surface area contributed by atoms with Gasteiger partial charge < -0.3 is 15.4 Å². The van der Waals surface area contributed by atoms with Crippen LogP contribution in [-0.4, -0.2) is 18.4 Å². The first kappa shape index (κ1) is 15.0. The first-order valence-corrected chi connectivity index (χ1v) is 7.17. The van der Waals surface area contributed by atoms with E-state index in [1.165, 1.54) is 6.07 Å². The number of carbonyl (C=O) groups is 2. The van der Waals surface area contributed by atoms with Gasteiger partial charge in [0.2, 0.25) is 5.91 Å². The predicted octanol–water partition coefficient (Wildman–Crippen LogP) is 2.02. The predicted molar refractivity (Wildman–Crippen MR) is 82.5 cm³/mol. The molecule has 23 heavy (non-hydrogen) atoms. The standard InChI is InChI=1S/C17H15FN2O3/c18-13-4-2-1-3-12(13)8-16(21)19-9-11-5-6-15-14(7-11)20-17(22)10-23-15/h1-7H,8-10H2,(H,19,21)(H,20,22). The molecule has 118 valence electrons. The van der Waals surface area contributed by atoms with Gasteiger partial charge in [0.1, 0.15) is 11.6 Å². The zero-order valence-corrected chi connectivity index (χ0v) is 12.3. The summed E-state index contributed by atoms with van der Waals surface area (Å²) in [6.45, 7) is 0.294. The lowest BCUT2D eigenvalue weighted by Crippen LogP contribution is -2.27. The van der Waals surface area contributed by atoms with Gasteiger partial charge in [0.25, 0.3) is 5.91 Å². The molecule has 0 radical (unpaired) electrons. The number of carbonyl (C=O) groups excluding carboxylic acids is 2. The van der Waals surface area contributed by atoms with Gasteiger partial charge >= 0.3 is 0 Å². The van der Waals surface area contributed by atoms with Crippen LogP contribution in [0.2, 0.25) is 0 Å². The molecule has 0 aliphatic carbocycles. The number of fused-ring (bicyclic) bond motifs is 1. The molecule has 0 bridgehead atoms. The molecule has 2 amide bonds. The summed E-state index contributed by atoms with van der Waals surface area (Å²) in [5.74, 6) is -0.270. The van der Waals surface area contributed by atoms with Crippen molar-refractivity contribution in [3.8, 4) is 5.75 Å². The minimum absolute atomic E-state index is 0.00568. The second-order valence-corrected chi connectivity index (χ2v) is 5.21. The smallest absolute Gasteiger partial charge is 0.262 e. The van der Waals surface area contributed by atoms with Crippen molar-refractivity contribution in [3.05, 3.63) is 59.4 Å². The third-order valence-corrected chi connectivity index (χ3v) is 3.48. The average Bonchev–Trinajstić information content (AvgIpc) is 2.54. The van der Waals surface area contributed by atoms with Gasteiger partial charge in [-0.15, -0.1) is 0 Å². The summed E-state index contributed by atoms with van der Waals surface area (Å²) in [6.07, 6.45) is -0.0164. The lowest BCUT2D eigenvalue weighted by molar-refractivity contribution is -0.120. The molecule has 0 aromatic heterocycles. The Morgan fingerprint density at radius 1 is 1.26 bits per heavy atom. The van der Waals surface area contributed by atoms with E-state index in [2.05, 4.69) is 10.6 Å². The molecule has 0 saturated heterocycles. The zero-order valence-electron chi connectivity index (χ0n) is 12.3. The van der Waals surface area contributed by atoms with E-state index < -0.39 is 5.82 Å². The SMILES string of the molecule is O=C(Cc1ccccc1F)NCc1ccc2c(c1)NC(=O)CO2. The number of halogens is 1. The summed E-state index contributed by atoms with van der Waals surface area (Å²) in [7, 11) is 0. The molecule has 1 aliphatic rings. The molecule has 2 N–H and O–H groups in total. The van der Waals surface area contributed by atoms with Crippen LogP contribution in [0.4, 0.5) is 10.1 Å². The van der Waals surface area contributed by atoms with Crippen molar-refractivity contribution in [2.24, 2.45) is 0 Å². The normalized spacial score (nSPS) is 12.8. The lowest BCUT2D eigenvalue weighted by atomic mass is 10.1. The molecular formula is C17H15FN2O3. The molecule has 0 saturated carbocycles. The van der Waals surface area contributed by atoms with Crippen LogP contribution in [0.5, 0.6) is 5.75 Å². The summed E-state index contributed by atoms with van der Waals surface area (Å²) in [5.41, 5.74) is 1.76. The van der Waals surface area contributed by atoms with Gasteiger partial charge in [0, 0.05) is 6.54 Å². The Labute approximate surface area is 132 Å². The van der Waals surface area contributed by atoms with Crippen LogP contribution < -0.4 is 15.4 Å². The van der Waals surface area contributed by atoms with Crippen LogP contribution in [0, 0.1) is 5.82 Å². The fourth-order valence-electron chi connectivity index (χ4n) is 2.32. The summed E-state index contributed by atoms with van der Waals surface area (Å²) in [4.78, 5) is 23.2. The molecule has 0 fully saturated rings. The van der Waals surface area contributed by atoms with E-state index in [4.69, 9.17) is 4.74 Å². The van der Waals surface area contributed by atoms with E-state index in [0.29, 0.717) is 17.0 Å². The van der Waals surface area contributed by atoms with E-state index in [0.717, 1.165) is 5.56 Å². The number of hydrogen-bond donors (Lipinski definition) is 2. The fourth-order valence-corrected chi connectivity index (χ4v) is 2.32. The molecule has 2 aromatic rings. The Kier molecular flexibility index (Phi) is 4.23. The fraction of sp³-hybridized carbons (Fsp3) is 0.176. The highest BCUT2D eigenvalue weighted by Gasteiger charge is 2.16. The van der Waals surface area contributed by atoms with Crippen molar-refractivity contribution < 1.29 is 18.7 Å². The van der Waals surface area contributed by atoms with Gasteiger partial charge in [-0.1, -0.05) is 24.3 Å². The Balaban J connectivity index is 1.60. The van der Waals surface area contributed by atoms with Gasteiger partial charge in [-0.2, -0.15) is 0 Å². The van der Waals surface area contributed by atoms with Crippen molar-refractivity contribution in [2.45, 2.75) is 13.0 Å². The maximum atomic E-state index is 13.5. The quantitative estimate of drug-likeness (QED) is 0.907. The number of nitrogens with one attached hydrogen (secondary N) is 2. The second kappa shape index (κ2) is 6.48. The maximum Gasteiger partial charge on any atom is 0.262 e. The molecule has 1 aliphatic heterocycles. The van der Waals surface area contributed by atoms with E-state index in [9.17, 15) is 14.0 Å². The Morgan fingerprint density at radius 2 is 2.09 bits per heavy atom. The highest BCUT2D eigenvalue weighted by molar-refractivity contribution is 5.95. The van der Waals surface area contributed by atoms with Crippen LogP contribution in [0.3, 0.4) is 0 Å². The minimum Gasteiger partial charge on any atom is -0.482 e. The maximum absolute atomic E-state index is 13.5. The van der Waals surface area contributed by atoms with Crippen LogP contribution >= 0.6 is 0 Å². The number of ether oxygens (including phenoxy) is 1. The number of hydrogen-bond acceptors (Lipinski definition) is 3. The van der Waals surface area contributed by atoms with Crippen molar-refractivity contribution in [1.29, 1.82) is 0 Å². The topological polar surface area (TPSA) is 67.4 Å². The van der Waals surface area contributed by atoms with E-state index in [1.54, 1.807) is 36.4 Å². The van der Waals surface area contributed by atoms with E-state index in [1.807, 2.05) is 0 Å². The molecule has 0 atom stereocenters. The van der Waals surface area contributed by atoms with Crippen molar-refractivity contribution in [2.75, 3.05) is 11.9 Å². The summed E-state index contributed by atoms with van der Waals surface area (Å²) >= 11 is 0. The first-order chi connectivity index (χ1) is 11.1. The molecule has 3 rings (SSSR count). The van der Waals surface area contributed by atoms with Gasteiger partial charge in [0.15, 0.2) is 6.61 Å². The first-order valence-electron chi connectivity index (χ1n) is 7.17. The number of anilines is 1. The molecule has 1 heterocycles. The molecule has 0 spiro atoms. The Morgan fingerprint density at radius 3 is 2.91 bits per heavy atom. The molecule has 5 nitrogen and oxygen atoms in total. The van der Waals surface area contributed by atoms with Crippen molar-refractivity contribution in [3.63, 3.8) is 0 Å². The molecule has 6 heteroatoms. The molecule has 2 aromatic carbocycles. The summed E-state index contributed by atoms with van der Waals surface area (Å²) < 4.78 is 18.8. The largest absolute Gasteiger partial charge is 0.482 e. The van der Waals surface area contributed by atoms with Crippen molar-refractivity contribution in [1.82, 2.24) is 5.32 Å². The highest BCUT2D eigenvalue weighted by Crippen LogP contribution is 2.28. The summed E-state index contributed by atoms with van der Waals surface area (Å²) in [5, 5.41) is 5.44. The van der Waals surface area contributed by atoms with Crippen LogP contribution in [-0.2, 0) is 22.6 Å². The highest BCUT2D eigenvalue weighted by atomic mass is 19.1.